The maximum atomic E-state index is 10.5. The molecule has 1 unspecified atom stereocenters. The minimum absolute atomic E-state index is 0.358. The molecule has 3 aromatic carbocycles. The molecule has 0 spiro atoms. The quantitative estimate of drug-likeness (QED) is 0.618. The molecule has 25 heavy (non-hydrogen) atoms. The summed E-state index contributed by atoms with van der Waals surface area (Å²) in [4.78, 5) is 0. The van der Waals surface area contributed by atoms with E-state index in [1.165, 1.54) is 6.07 Å². The predicted octanol–water partition coefficient (Wildman–Crippen LogP) is 4.07. The molecule has 1 heterocycles. The van der Waals surface area contributed by atoms with Crippen LogP contribution in [0.5, 0.6) is 23.0 Å². The zero-order chi connectivity index (χ0) is 17.4. The highest BCUT2D eigenvalue weighted by atomic mass is 16.5. The molecule has 3 aromatic rings. The zero-order valence-electron chi connectivity index (χ0n) is 13.5. The standard InChI is InChI=1S/C21H18O4/c22-17-11-10-16(19(23)20(17)24)21(15-7-2-1-3-8-15)13-12-14-6-4-5-9-18(14)25-21/h1-11,22-24H,12-13H2. The fraction of sp³-hybridized carbons (Fsp3) is 0.143. The fourth-order valence-electron chi connectivity index (χ4n) is 3.51. The Kier molecular flexibility index (Phi) is 3.53. The van der Waals surface area contributed by atoms with Gasteiger partial charge in [-0.05, 0) is 30.2 Å². The lowest BCUT2D eigenvalue weighted by Gasteiger charge is -2.40. The normalized spacial score (nSPS) is 19.0. The number of para-hydroxylation sites is 1. The Morgan fingerprint density at radius 1 is 0.760 bits per heavy atom. The van der Waals surface area contributed by atoms with Crippen LogP contribution in [0.1, 0.15) is 23.1 Å². The summed E-state index contributed by atoms with van der Waals surface area (Å²) in [7, 11) is 0. The highest BCUT2D eigenvalue weighted by Gasteiger charge is 2.42. The van der Waals surface area contributed by atoms with Crippen LogP contribution in [-0.4, -0.2) is 15.3 Å². The summed E-state index contributed by atoms with van der Waals surface area (Å²) >= 11 is 0. The second kappa shape index (κ2) is 5.74. The molecule has 1 aliphatic heterocycles. The van der Waals surface area contributed by atoms with Gasteiger partial charge in [0, 0.05) is 17.5 Å². The summed E-state index contributed by atoms with van der Waals surface area (Å²) in [6.45, 7) is 0. The van der Waals surface area contributed by atoms with Crippen molar-refractivity contribution in [3.05, 3.63) is 83.4 Å². The first kappa shape index (κ1) is 15.4. The van der Waals surface area contributed by atoms with Crippen LogP contribution < -0.4 is 4.74 Å². The van der Waals surface area contributed by atoms with Crippen LogP contribution in [0.4, 0.5) is 0 Å². The van der Waals surface area contributed by atoms with Gasteiger partial charge in [0.25, 0.3) is 0 Å². The third-order valence-electron chi connectivity index (χ3n) is 4.81. The number of phenolic OH excluding ortho intramolecular Hbond substituents is 3. The lowest BCUT2D eigenvalue weighted by Crippen LogP contribution is -2.38. The lowest BCUT2D eigenvalue weighted by atomic mass is 9.79. The van der Waals surface area contributed by atoms with Crippen molar-refractivity contribution in [2.75, 3.05) is 0 Å². The molecule has 1 aliphatic rings. The van der Waals surface area contributed by atoms with E-state index in [9.17, 15) is 15.3 Å². The highest BCUT2D eigenvalue weighted by Crippen LogP contribution is 2.50. The average Bonchev–Trinajstić information content (AvgIpc) is 2.66. The second-order valence-corrected chi connectivity index (χ2v) is 6.23. The van der Waals surface area contributed by atoms with Crippen LogP contribution in [0.3, 0.4) is 0 Å². The topological polar surface area (TPSA) is 69.9 Å². The number of benzene rings is 3. The van der Waals surface area contributed by atoms with Crippen molar-refractivity contribution in [3.63, 3.8) is 0 Å². The third kappa shape index (κ3) is 2.38. The van der Waals surface area contributed by atoms with Gasteiger partial charge in [0.15, 0.2) is 17.1 Å². The molecule has 0 aromatic heterocycles. The smallest absolute Gasteiger partial charge is 0.200 e. The minimum atomic E-state index is -0.940. The number of ether oxygens (including phenoxy) is 1. The SMILES string of the molecule is Oc1ccc(C2(c3ccccc3)CCc3ccccc3O2)c(O)c1O. The van der Waals surface area contributed by atoms with Crippen LogP contribution in [0.25, 0.3) is 0 Å². The summed E-state index contributed by atoms with van der Waals surface area (Å²) in [6, 6.07) is 20.4. The van der Waals surface area contributed by atoms with E-state index in [-0.39, 0.29) is 11.5 Å². The molecule has 0 saturated carbocycles. The molecule has 3 N–H and O–H groups in total. The van der Waals surface area contributed by atoms with Crippen molar-refractivity contribution < 1.29 is 20.1 Å². The van der Waals surface area contributed by atoms with Gasteiger partial charge in [-0.15, -0.1) is 0 Å². The van der Waals surface area contributed by atoms with Gasteiger partial charge in [0.2, 0.25) is 5.75 Å². The van der Waals surface area contributed by atoms with E-state index in [1.807, 2.05) is 54.6 Å². The molecule has 126 valence electrons. The van der Waals surface area contributed by atoms with E-state index in [4.69, 9.17) is 4.74 Å². The largest absolute Gasteiger partial charge is 0.504 e. The Morgan fingerprint density at radius 3 is 2.28 bits per heavy atom. The van der Waals surface area contributed by atoms with E-state index >= 15 is 0 Å². The first-order chi connectivity index (χ1) is 12.1. The predicted molar refractivity (Wildman–Crippen MR) is 94.0 cm³/mol. The van der Waals surface area contributed by atoms with Crippen LogP contribution >= 0.6 is 0 Å². The number of rotatable bonds is 2. The Balaban J connectivity index is 1.95. The maximum absolute atomic E-state index is 10.5. The Bertz CT molecular complexity index is 920. The van der Waals surface area contributed by atoms with E-state index in [2.05, 4.69) is 0 Å². The molecule has 4 heteroatoms. The Labute approximate surface area is 145 Å². The van der Waals surface area contributed by atoms with E-state index < -0.39 is 11.4 Å². The summed E-state index contributed by atoms with van der Waals surface area (Å²) in [5.74, 6) is -0.497. The van der Waals surface area contributed by atoms with Crippen molar-refractivity contribution in [2.45, 2.75) is 18.4 Å². The molecule has 0 amide bonds. The molecule has 0 bridgehead atoms. The van der Waals surface area contributed by atoms with Gasteiger partial charge >= 0.3 is 0 Å². The summed E-state index contributed by atoms with van der Waals surface area (Å²) in [6.07, 6.45) is 1.37. The monoisotopic (exact) mass is 334 g/mol. The van der Waals surface area contributed by atoms with Gasteiger partial charge in [-0.25, -0.2) is 0 Å². The van der Waals surface area contributed by atoms with Gasteiger partial charge in [-0.2, -0.15) is 0 Å². The number of hydrogen-bond acceptors (Lipinski definition) is 4. The van der Waals surface area contributed by atoms with E-state index in [0.717, 1.165) is 23.3 Å². The lowest BCUT2D eigenvalue weighted by molar-refractivity contribution is 0.0817. The molecule has 0 saturated heterocycles. The van der Waals surface area contributed by atoms with Gasteiger partial charge in [0.05, 0.1) is 0 Å². The van der Waals surface area contributed by atoms with Crippen LogP contribution in [0.2, 0.25) is 0 Å². The molecule has 4 rings (SSSR count). The molecular weight excluding hydrogens is 316 g/mol. The van der Waals surface area contributed by atoms with Gasteiger partial charge < -0.3 is 20.1 Å². The number of aryl methyl sites for hydroxylation is 1. The first-order valence-corrected chi connectivity index (χ1v) is 8.18. The van der Waals surface area contributed by atoms with Crippen LogP contribution in [0, 0.1) is 0 Å². The van der Waals surface area contributed by atoms with Crippen molar-refractivity contribution >= 4 is 0 Å². The van der Waals surface area contributed by atoms with Crippen molar-refractivity contribution in [1.29, 1.82) is 0 Å². The molecule has 0 radical (unpaired) electrons. The second-order valence-electron chi connectivity index (χ2n) is 6.23. The minimum Gasteiger partial charge on any atom is -0.504 e. The van der Waals surface area contributed by atoms with Gasteiger partial charge in [0.1, 0.15) is 5.75 Å². The van der Waals surface area contributed by atoms with Crippen LogP contribution in [-0.2, 0) is 12.0 Å². The number of fused-ring (bicyclic) bond motifs is 1. The first-order valence-electron chi connectivity index (χ1n) is 8.18. The average molecular weight is 334 g/mol. The number of hydrogen-bond donors (Lipinski definition) is 3. The van der Waals surface area contributed by atoms with E-state index in [1.54, 1.807) is 6.07 Å². The zero-order valence-corrected chi connectivity index (χ0v) is 13.5. The Hall–Kier alpha value is -3.14. The van der Waals surface area contributed by atoms with Gasteiger partial charge in [-0.3, -0.25) is 0 Å². The van der Waals surface area contributed by atoms with Crippen LogP contribution in [0.15, 0.2) is 66.7 Å². The molecule has 0 aliphatic carbocycles. The molecular formula is C21H18O4. The highest BCUT2D eigenvalue weighted by molar-refractivity contribution is 5.58. The summed E-state index contributed by atoms with van der Waals surface area (Å²) in [5, 5.41) is 30.2. The Morgan fingerprint density at radius 2 is 1.48 bits per heavy atom. The fourth-order valence-corrected chi connectivity index (χ4v) is 3.51. The van der Waals surface area contributed by atoms with Crippen molar-refractivity contribution in [2.24, 2.45) is 0 Å². The van der Waals surface area contributed by atoms with E-state index in [0.29, 0.717) is 12.0 Å². The van der Waals surface area contributed by atoms with Crippen molar-refractivity contribution in [1.82, 2.24) is 0 Å². The van der Waals surface area contributed by atoms with Crippen molar-refractivity contribution in [3.8, 4) is 23.0 Å². The molecule has 0 fully saturated rings. The van der Waals surface area contributed by atoms with Gasteiger partial charge in [-0.1, -0.05) is 48.5 Å². The third-order valence-corrected chi connectivity index (χ3v) is 4.81. The molecule has 1 atom stereocenters. The number of aromatic hydroxyl groups is 3. The maximum Gasteiger partial charge on any atom is 0.200 e. The summed E-state index contributed by atoms with van der Waals surface area (Å²) in [5.41, 5.74) is 1.48. The molecule has 4 nitrogen and oxygen atoms in total. The number of phenols is 3. The summed E-state index contributed by atoms with van der Waals surface area (Å²) < 4.78 is 6.41.